The first kappa shape index (κ1) is 22.5. The standard InChI is InChI=1S/C24H21BrO6/c1-14(26)29-22-20(11-9-17-7-5-4-6-8-17)24(31-16(3)28)23(30-15(2)27)19-12-10-18(25)13-21(19)22/h4-8,10,12-13H,9,11H2,1-3H3. The Labute approximate surface area is 188 Å². The third-order valence-electron chi connectivity index (χ3n) is 4.47. The van der Waals surface area contributed by atoms with Crippen molar-refractivity contribution in [3.8, 4) is 17.2 Å². The molecule has 160 valence electrons. The van der Waals surface area contributed by atoms with Gasteiger partial charge in [-0.15, -0.1) is 0 Å². The SMILES string of the molecule is CC(=O)Oc1c(CCc2ccccc2)c(OC(C)=O)c2cc(Br)ccc2c1OC(C)=O. The fraction of sp³-hybridized carbons (Fsp3) is 0.208. The zero-order valence-corrected chi connectivity index (χ0v) is 18.9. The summed E-state index contributed by atoms with van der Waals surface area (Å²) in [4.78, 5) is 35.7. The first-order chi connectivity index (χ1) is 14.8. The van der Waals surface area contributed by atoms with Gasteiger partial charge in [-0.3, -0.25) is 14.4 Å². The summed E-state index contributed by atoms with van der Waals surface area (Å²) in [6.45, 7) is 3.83. The van der Waals surface area contributed by atoms with Gasteiger partial charge in [-0.05, 0) is 36.6 Å². The molecule has 0 aliphatic carbocycles. The fourth-order valence-electron chi connectivity index (χ4n) is 3.33. The minimum atomic E-state index is -0.584. The highest BCUT2D eigenvalue weighted by Crippen LogP contribution is 2.47. The molecule has 31 heavy (non-hydrogen) atoms. The average Bonchev–Trinajstić information content (AvgIpc) is 2.70. The first-order valence-corrected chi connectivity index (χ1v) is 10.4. The summed E-state index contributed by atoms with van der Waals surface area (Å²) in [5, 5.41) is 1.04. The second-order valence-corrected chi connectivity index (χ2v) is 7.84. The van der Waals surface area contributed by atoms with Crippen molar-refractivity contribution >= 4 is 44.6 Å². The lowest BCUT2D eigenvalue weighted by molar-refractivity contribution is -0.134. The first-order valence-electron chi connectivity index (χ1n) is 9.63. The number of hydrogen-bond donors (Lipinski definition) is 0. The topological polar surface area (TPSA) is 78.9 Å². The molecular formula is C24H21BrO6. The molecule has 6 nitrogen and oxygen atoms in total. The number of aryl methyl sites for hydroxylation is 1. The summed E-state index contributed by atoms with van der Waals surface area (Å²) in [6.07, 6.45) is 0.967. The van der Waals surface area contributed by atoms with Crippen molar-refractivity contribution in [2.45, 2.75) is 33.6 Å². The van der Waals surface area contributed by atoms with Crippen LogP contribution in [0.3, 0.4) is 0 Å². The summed E-state index contributed by atoms with van der Waals surface area (Å²) < 4.78 is 17.3. The molecular weight excluding hydrogens is 464 g/mol. The highest BCUT2D eigenvalue weighted by atomic mass is 79.9. The van der Waals surface area contributed by atoms with E-state index >= 15 is 0 Å². The lowest BCUT2D eigenvalue weighted by Gasteiger charge is -2.20. The Bertz CT molecular complexity index is 1150. The molecule has 0 aliphatic rings. The Morgan fingerprint density at radius 2 is 1.29 bits per heavy atom. The van der Waals surface area contributed by atoms with Crippen molar-refractivity contribution in [3.05, 3.63) is 64.1 Å². The quantitative estimate of drug-likeness (QED) is 0.355. The van der Waals surface area contributed by atoms with Gasteiger partial charge in [-0.25, -0.2) is 0 Å². The molecule has 0 spiro atoms. The Hall–Kier alpha value is -3.19. The third kappa shape index (κ3) is 5.49. The number of benzene rings is 3. The van der Waals surface area contributed by atoms with Gasteiger partial charge in [0.2, 0.25) is 0 Å². The van der Waals surface area contributed by atoms with Crippen LogP contribution in [0.5, 0.6) is 17.2 Å². The van der Waals surface area contributed by atoms with E-state index < -0.39 is 17.9 Å². The van der Waals surface area contributed by atoms with Crippen LogP contribution in [-0.2, 0) is 27.2 Å². The van der Waals surface area contributed by atoms with E-state index in [1.165, 1.54) is 20.8 Å². The normalized spacial score (nSPS) is 10.6. The second kappa shape index (κ2) is 9.75. The molecule has 0 atom stereocenters. The highest BCUT2D eigenvalue weighted by Gasteiger charge is 2.26. The van der Waals surface area contributed by atoms with Gasteiger partial charge >= 0.3 is 17.9 Å². The summed E-state index contributed by atoms with van der Waals surface area (Å²) >= 11 is 3.43. The molecule has 0 N–H and O–H groups in total. The maximum Gasteiger partial charge on any atom is 0.308 e. The maximum atomic E-state index is 11.9. The smallest absolute Gasteiger partial charge is 0.308 e. The lowest BCUT2D eigenvalue weighted by Crippen LogP contribution is -2.13. The minimum absolute atomic E-state index is 0.0738. The largest absolute Gasteiger partial charge is 0.426 e. The van der Waals surface area contributed by atoms with E-state index in [1.807, 2.05) is 30.3 Å². The number of halogens is 1. The number of fused-ring (bicyclic) bond motifs is 1. The zero-order valence-electron chi connectivity index (χ0n) is 17.4. The van der Waals surface area contributed by atoms with Gasteiger partial charge in [0, 0.05) is 41.6 Å². The minimum Gasteiger partial charge on any atom is -0.426 e. The van der Waals surface area contributed by atoms with Crippen LogP contribution >= 0.6 is 15.9 Å². The Morgan fingerprint density at radius 1 is 0.710 bits per heavy atom. The van der Waals surface area contributed by atoms with Gasteiger partial charge in [0.15, 0.2) is 11.5 Å². The maximum absolute atomic E-state index is 11.9. The van der Waals surface area contributed by atoms with Crippen LogP contribution in [0.2, 0.25) is 0 Å². The predicted octanol–water partition coefficient (Wildman–Crippen LogP) is 5.16. The number of carbonyl (C=O) groups excluding carboxylic acids is 3. The van der Waals surface area contributed by atoms with E-state index in [0.29, 0.717) is 29.2 Å². The zero-order chi connectivity index (χ0) is 22.5. The molecule has 0 heterocycles. The molecule has 0 bridgehead atoms. The molecule has 0 aliphatic heterocycles. The predicted molar refractivity (Wildman–Crippen MR) is 119 cm³/mol. The van der Waals surface area contributed by atoms with Crippen molar-refractivity contribution in [2.24, 2.45) is 0 Å². The number of esters is 3. The van der Waals surface area contributed by atoms with Gasteiger partial charge in [0.1, 0.15) is 5.75 Å². The van der Waals surface area contributed by atoms with E-state index in [4.69, 9.17) is 14.2 Å². The summed E-state index contributed by atoms with van der Waals surface area (Å²) in [6, 6.07) is 15.0. The van der Waals surface area contributed by atoms with Crippen LogP contribution in [0.1, 0.15) is 31.9 Å². The van der Waals surface area contributed by atoms with Crippen LogP contribution in [0.4, 0.5) is 0 Å². The van der Waals surface area contributed by atoms with Crippen molar-refractivity contribution in [2.75, 3.05) is 0 Å². The molecule has 0 amide bonds. The van der Waals surface area contributed by atoms with Crippen LogP contribution in [0.25, 0.3) is 10.8 Å². The molecule has 3 aromatic carbocycles. The van der Waals surface area contributed by atoms with E-state index in [2.05, 4.69) is 15.9 Å². The van der Waals surface area contributed by atoms with E-state index in [1.54, 1.807) is 18.2 Å². The van der Waals surface area contributed by atoms with Crippen molar-refractivity contribution in [1.82, 2.24) is 0 Å². The lowest BCUT2D eigenvalue weighted by atomic mass is 9.97. The number of carbonyl (C=O) groups is 3. The van der Waals surface area contributed by atoms with Gasteiger partial charge in [-0.2, -0.15) is 0 Å². The van der Waals surface area contributed by atoms with Crippen molar-refractivity contribution in [3.63, 3.8) is 0 Å². The molecule has 3 aromatic rings. The van der Waals surface area contributed by atoms with Crippen molar-refractivity contribution < 1.29 is 28.6 Å². The van der Waals surface area contributed by atoms with Crippen LogP contribution < -0.4 is 14.2 Å². The van der Waals surface area contributed by atoms with E-state index in [9.17, 15) is 14.4 Å². The van der Waals surface area contributed by atoms with Crippen LogP contribution in [0, 0.1) is 0 Å². The molecule has 0 aromatic heterocycles. The molecule has 0 saturated carbocycles. The Balaban J connectivity index is 2.31. The summed E-state index contributed by atoms with van der Waals surface area (Å²) in [5.41, 5.74) is 1.52. The van der Waals surface area contributed by atoms with Gasteiger partial charge < -0.3 is 14.2 Å². The third-order valence-corrected chi connectivity index (χ3v) is 4.96. The van der Waals surface area contributed by atoms with Gasteiger partial charge in [0.25, 0.3) is 0 Å². The summed E-state index contributed by atoms with van der Waals surface area (Å²) in [7, 11) is 0. The average molecular weight is 485 g/mol. The van der Waals surface area contributed by atoms with Crippen LogP contribution in [-0.4, -0.2) is 17.9 Å². The Morgan fingerprint density at radius 3 is 1.90 bits per heavy atom. The number of rotatable bonds is 6. The number of ether oxygens (including phenoxy) is 3. The molecule has 3 rings (SSSR count). The molecule has 0 fully saturated rings. The highest BCUT2D eigenvalue weighted by molar-refractivity contribution is 9.10. The van der Waals surface area contributed by atoms with E-state index in [-0.39, 0.29) is 17.2 Å². The molecule has 0 unspecified atom stereocenters. The molecule has 0 radical (unpaired) electrons. The van der Waals surface area contributed by atoms with Gasteiger partial charge in [-0.1, -0.05) is 46.3 Å². The molecule has 0 saturated heterocycles. The second-order valence-electron chi connectivity index (χ2n) is 6.92. The monoisotopic (exact) mass is 484 g/mol. The molecule has 7 heteroatoms. The van der Waals surface area contributed by atoms with Gasteiger partial charge in [0.05, 0.1) is 0 Å². The fourth-order valence-corrected chi connectivity index (χ4v) is 3.69. The van der Waals surface area contributed by atoms with Crippen molar-refractivity contribution in [1.29, 1.82) is 0 Å². The Kier molecular flexibility index (Phi) is 7.07. The van der Waals surface area contributed by atoms with Crippen LogP contribution in [0.15, 0.2) is 53.0 Å². The number of hydrogen-bond acceptors (Lipinski definition) is 6. The summed E-state index contributed by atoms with van der Waals surface area (Å²) in [5.74, 6) is -1.21. The van der Waals surface area contributed by atoms with E-state index in [0.717, 1.165) is 10.0 Å².